The third kappa shape index (κ3) is 4.50. The summed E-state index contributed by atoms with van der Waals surface area (Å²) >= 11 is 1.51. The maximum atomic E-state index is 5.61. The third-order valence-corrected chi connectivity index (χ3v) is 3.96. The molecule has 3 aromatic rings. The largest absolute Gasteiger partial charge is 0.497 e. The number of nitrogens with zero attached hydrogens (tertiary/aromatic N) is 2. The van der Waals surface area contributed by atoms with Gasteiger partial charge in [-0.3, -0.25) is 0 Å². The molecule has 6 heteroatoms. The zero-order valence-corrected chi connectivity index (χ0v) is 13.5. The molecular weight excluding hydrogens is 312 g/mol. The van der Waals surface area contributed by atoms with Gasteiger partial charge >= 0.3 is 0 Å². The topological polar surface area (TPSA) is 57.4 Å². The molecule has 0 radical (unpaired) electrons. The smallest absolute Gasteiger partial charge is 0.277 e. The van der Waals surface area contributed by atoms with Gasteiger partial charge in [0.15, 0.2) is 6.61 Å². The Kier molecular flexibility index (Phi) is 5.16. The van der Waals surface area contributed by atoms with Crippen molar-refractivity contribution in [1.82, 2.24) is 10.2 Å². The molecule has 0 atom stereocenters. The standard InChI is InChI=1S/C17H16N2O3S/c1-20-14-7-9-15(10-8-14)21-11-16-18-19-17(22-16)23-12-13-5-3-2-4-6-13/h2-10H,11-12H2,1H3. The van der Waals surface area contributed by atoms with E-state index in [2.05, 4.69) is 22.3 Å². The highest BCUT2D eigenvalue weighted by atomic mass is 32.2. The molecule has 118 valence electrons. The summed E-state index contributed by atoms with van der Waals surface area (Å²) in [5.74, 6) is 2.76. The maximum Gasteiger partial charge on any atom is 0.277 e. The molecule has 0 spiro atoms. The molecule has 0 saturated carbocycles. The minimum Gasteiger partial charge on any atom is -0.497 e. The molecule has 0 N–H and O–H groups in total. The van der Waals surface area contributed by atoms with Crippen LogP contribution in [0.5, 0.6) is 11.5 Å². The van der Waals surface area contributed by atoms with Crippen LogP contribution in [0.2, 0.25) is 0 Å². The van der Waals surface area contributed by atoms with Crippen molar-refractivity contribution in [2.45, 2.75) is 17.6 Å². The normalized spacial score (nSPS) is 10.5. The van der Waals surface area contributed by atoms with E-state index in [4.69, 9.17) is 13.9 Å². The number of benzene rings is 2. The van der Waals surface area contributed by atoms with Crippen molar-refractivity contribution in [2.75, 3.05) is 7.11 Å². The number of rotatable bonds is 7. The van der Waals surface area contributed by atoms with Crippen molar-refractivity contribution < 1.29 is 13.9 Å². The summed E-state index contributed by atoms with van der Waals surface area (Å²) in [6.07, 6.45) is 0. The van der Waals surface area contributed by atoms with Gasteiger partial charge in [0.2, 0.25) is 0 Å². The Morgan fingerprint density at radius 3 is 2.43 bits per heavy atom. The van der Waals surface area contributed by atoms with Gasteiger partial charge in [-0.1, -0.05) is 42.1 Å². The lowest BCUT2D eigenvalue weighted by Gasteiger charge is -2.04. The fourth-order valence-electron chi connectivity index (χ4n) is 1.89. The summed E-state index contributed by atoms with van der Waals surface area (Å²) in [7, 11) is 1.63. The molecule has 3 rings (SSSR count). The van der Waals surface area contributed by atoms with Crippen LogP contribution in [-0.4, -0.2) is 17.3 Å². The molecule has 0 amide bonds. The zero-order valence-electron chi connectivity index (χ0n) is 12.6. The fourth-order valence-corrected chi connectivity index (χ4v) is 2.63. The minimum absolute atomic E-state index is 0.241. The van der Waals surface area contributed by atoms with Crippen LogP contribution in [0.15, 0.2) is 64.2 Å². The Hall–Kier alpha value is -2.47. The Balaban J connectivity index is 1.50. The highest BCUT2D eigenvalue weighted by Crippen LogP contribution is 2.22. The molecule has 1 aromatic heterocycles. The first-order valence-electron chi connectivity index (χ1n) is 7.09. The van der Waals surface area contributed by atoms with Crippen LogP contribution in [0.3, 0.4) is 0 Å². The summed E-state index contributed by atoms with van der Waals surface area (Å²) < 4.78 is 16.3. The molecule has 0 aliphatic heterocycles. The number of ether oxygens (including phenoxy) is 2. The Morgan fingerprint density at radius 1 is 0.957 bits per heavy atom. The molecule has 2 aromatic carbocycles. The molecule has 1 heterocycles. The lowest BCUT2D eigenvalue weighted by atomic mass is 10.2. The zero-order chi connectivity index (χ0) is 15.9. The van der Waals surface area contributed by atoms with E-state index in [0.717, 1.165) is 17.3 Å². The van der Waals surface area contributed by atoms with Gasteiger partial charge in [0.1, 0.15) is 11.5 Å². The highest BCUT2D eigenvalue weighted by molar-refractivity contribution is 7.98. The van der Waals surface area contributed by atoms with Gasteiger partial charge < -0.3 is 13.9 Å². The fraction of sp³-hybridized carbons (Fsp3) is 0.176. The number of thioether (sulfide) groups is 1. The number of aromatic nitrogens is 2. The number of methoxy groups -OCH3 is 1. The predicted molar refractivity (Wildman–Crippen MR) is 87.6 cm³/mol. The van der Waals surface area contributed by atoms with Gasteiger partial charge in [0, 0.05) is 5.75 Å². The molecule has 0 saturated heterocycles. The maximum absolute atomic E-state index is 5.61. The Morgan fingerprint density at radius 2 is 1.70 bits per heavy atom. The van der Waals surface area contributed by atoms with Crippen molar-refractivity contribution in [1.29, 1.82) is 0 Å². The van der Waals surface area contributed by atoms with Gasteiger partial charge in [-0.05, 0) is 29.8 Å². The van der Waals surface area contributed by atoms with Crippen molar-refractivity contribution in [3.63, 3.8) is 0 Å². The lowest BCUT2D eigenvalue weighted by molar-refractivity contribution is 0.252. The monoisotopic (exact) mass is 328 g/mol. The van der Waals surface area contributed by atoms with Gasteiger partial charge in [0.25, 0.3) is 11.1 Å². The Bertz CT molecular complexity index is 729. The van der Waals surface area contributed by atoms with Crippen molar-refractivity contribution >= 4 is 11.8 Å². The van der Waals surface area contributed by atoms with E-state index in [9.17, 15) is 0 Å². The van der Waals surface area contributed by atoms with Crippen molar-refractivity contribution in [2.24, 2.45) is 0 Å². The molecule has 0 fully saturated rings. The second-order valence-electron chi connectivity index (χ2n) is 4.70. The summed E-state index contributed by atoms with van der Waals surface area (Å²) in [5.41, 5.74) is 1.21. The van der Waals surface area contributed by atoms with Crippen LogP contribution in [0, 0.1) is 0 Å². The second-order valence-corrected chi connectivity index (χ2v) is 5.63. The summed E-state index contributed by atoms with van der Waals surface area (Å²) in [6.45, 7) is 0.241. The van der Waals surface area contributed by atoms with E-state index in [1.165, 1.54) is 17.3 Å². The van der Waals surface area contributed by atoms with E-state index in [1.54, 1.807) is 7.11 Å². The first-order chi connectivity index (χ1) is 11.3. The Labute approximate surface area is 138 Å². The van der Waals surface area contributed by atoms with Crippen molar-refractivity contribution in [3.05, 3.63) is 66.1 Å². The van der Waals surface area contributed by atoms with E-state index in [0.29, 0.717) is 11.1 Å². The molecule has 0 aliphatic carbocycles. The van der Waals surface area contributed by atoms with E-state index in [1.807, 2.05) is 42.5 Å². The van der Waals surface area contributed by atoms with Crippen LogP contribution < -0.4 is 9.47 Å². The molecule has 5 nitrogen and oxygen atoms in total. The van der Waals surface area contributed by atoms with E-state index >= 15 is 0 Å². The number of hydrogen-bond acceptors (Lipinski definition) is 6. The van der Waals surface area contributed by atoms with Gasteiger partial charge in [0.05, 0.1) is 7.11 Å². The summed E-state index contributed by atoms with van der Waals surface area (Å²) in [4.78, 5) is 0. The molecule has 23 heavy (non-hydrogen) atoms. The molecule has 0 bridgehead atoms. The minimum atomic E-state index is 0.241. The van der Waals surface area contributed by atoms with Crippen LogP contribution in [0.4, 0.5) is 0 Å². The molecular formula is C17H16N2O3S. The van der Waals surface area contributed by atoms with Crippen LogP contribution >= 0.6 is 11.8 Å². The van der Waals surface area contributed by atoms with Crippen LogP contribution in [0.25, 0.3) is 0 Å². The third-order valence-electron chi connectivity index (χ3n) is 3.08. The second kappa shape index (κ2) is 7.69. The van der Waals surface area contributed by atoms with Crippen LogP contribution in [0.1, 0.15) is 11.5 Å². The quantitative estimate of drug-likeness (QED) is 0.612. The predicted octanol–water partition coefficient (Wildman–Crippen LogP) is 3.95. The first-order valence-corrected chi connectivity index (χ1v) is 8.08. The van der Waals surface area contributed by atoms with Gasteiger partial charge in [-0.25, -0.2) is 0 Å². The average molecular weight is 328 g/mol. The summed E-state index contributed by atoms with van der Waals surface area (Å²) in [6, 6.07) is 17.5. The summed E-state index contributed by atoms with van der Waals surface area (Å²) in [5, 5.41) is 8.55. The van der Waals surface area contributed by atoms with E-state index in [-0.39, 0.29) is 6.61 Å². The molecule has 0 aliphatic rings. The van der Waals surface area contributed by atoms with Crippen molar-refractivity contribution in [3.8, 4) is 11.5 Å². The number of hydrogen-bond donors (Lipinski definition) is 0. The van der Waals surface area contributed by atoms with E-state index < -0.39 is 0 Å². The SMILES string of the molecule is COc1ccc(OCc2nnc(SCc3ccccc3)o2)cc1. The van der Waals surface area contributed by atoms with Gasteiger partial charge in [-0.15, -0.1) is 10.2 Å². The average Bonchev–Trinajstić information content (AvgIpc) is 3.07. The van der Waals surface area contributed by atoms with Gasteiger partial charge in [-0.2, -0.15) is 0 Å². The lowest BCUT2D eigenvalue weighted by Crippen LogP contribution is -1.95. The first kappa shape index (κ1) is 15.4. The van der Waals surface area contributed by atoms with Crippen LogP contribution in [-0.2, 0) is 12.4 Å². The highest BCUT2D eigenvalue weighted by Gasteiger charge is 2.08. The molecule has 0 unspecified atom stereocenters.